The van der Waals surface area contributed by atoms with Crippen LogP contribution < -0.4 is 5.32 Å². The van der Waals surface area contributed by atoms with Gasteiger partial charge in [-0.2, -0.15) is 13.2 Å². The molecule has 0 amide bonds. The van der Waals surface area contributed by atoms with E-state index in [1.807, 2.05) is 13.8 Å². The van der Waals surface area contributed by atoms with Gasteiger partial charge in [0.1, 0.15) is 0 Å². The highest BCUT2D eigenvalue weighted by Crippen LogP contribution is 2.25. The number of hydrogen-bond acceptors (Lipinski definition) is 6. The second-order valence-corrected chi connectivity index (χ2v) is 5.15. The minimum atomic E-state index is -4.62. The number of halogens is 3. The van der Waals surface area contributed by atoms with Gasteiger partial charge in [0.2, 0.25) is 5.16 Å². The van der Waals surface area contributed by atoms with Gasteiger partial charge in [-0.1, -0.05) is 25.6 Å². The number of aliphatic hydroxyl groups excluding tert-OH is 1. The van der Waals surface area contributed by atoms with E-state index in [1.165, 1.54) is 4.68 Å². The molecule has 0 radical (unpaired) electrons. The van der Waals surface area contributed by atoms with Crippen molar-refractivity contribution in [3.8, 4) is 0 Å². The number of nitrogens with one attached hydrogen (secondary N) is 1. The van der Waals surface area contributed by atoms with Gasteiger partial charge in [0.25, 0.3) is 0 Å². The fraction of sp³-hybridized carbons (Fsp3) is 0.889. The average Bonchev–Trinajstić information content (AvgIpc) is 2.71. The van der Waals surface area contributed by atoms with Gasteiger partial charge in [-0.3, -0.25) is 0 Å². The predicted molar refractivity (Wildman–Crippen MR) is 63.7 cm³/mol. The maximum Gasteiger partial charge on any atom is 0.415 e. The molecule has 1 unspecified atom stereocenters. The fourth-order valence-electron chi connectivity index (χ4n) is 1.15. The van der Waals surface area contributed by atoms with Crippen LogP contribution >= 0.6 is 11.8 Å². The number of aromatic nitrogens is 4. The van der Waals surface area contributed by atoms with Crippen LogP contribution in [0.5, 0.6) is 0 Å². The van der Waals surface area contributed by atoms with E-state index < -0.39 is 18.0 Å². The summed E-state index contributed by atoms with van der Waals surface area (Å²) in [5, 5.41) is 23.0. The Hall–Kier alpha value is -0.870. The lowest BCUT2D eigenvalue weighted by Crippen LogP contribution is -2.31. The highest BCUT2D eigenvalue weighted by atomic mass is 32.2. The van der Waals surface area contributed by atoms with Crippen molar-refractivity contribution in [1.29, 1.82) is 0 Å². The number of rotatable bonds is 7. The Morgan fingerprint density at radius 2 is 2.11 bits per heavy atom. The number of alkyl halides is 3. The van der Waals surface area contributed by atoms with Crippen LogP contribution in [0, 0.1) is 0 Å². The van der Waals surface area contributed by atoms with Crippen molar-refractivity contribution in [3.63, 3.8) is 0 Å². The largest absolute Gasteiger partial charge is 0.415 e. The minimum Gasteiger partial charge on any atom is -0.383 e. The molecule has 0 aromatic carbocycles. The summed E-state index contributed by atoms with van der Waals surface area (Å²) in [5.41, 5.74) is 0. The zero-order valence-corrected chi connectivity index (χ0v) is 11.4. The first-order chi connectivity index (χ1) is 8.80. The molecule has 1 aromatic heterocycles. The van der Waals surface area contributed by atoms with E-state index in [9.17, 15) is 13.2 Å². The summed E-state index contributed by atoms with van der Waals surface area (Å²) < 4.78 is 37.8. The molecule has 0 aliphatic heterocycles. The molecule has 19 heavy (non-hydrogen) atoms. The quantitative estimate of drug-likeness (QED) is 0.721. The van der Waals surface area contributed by atoms with Crippen molar-refractivity contribution >= 4 is 11.8 Å². The van der Waals surface area contributed by atoms with Crippen LogP contribution in [-0.4, -0.2) is 55.9 Å². The van der Waals surface area contributed by atoms with Crippen molar-refractivity contribution in [2.75, 3.05) is 12.3 Å². The lowest BCUT2D eigenvalue weighted by molar-refractivity contribution is -0.195. The Labute approximate surface area is 112 Å². The van der Waals surface area contributed by atoms with Crippen LogP contribution in [0.2, 0.25) is 0 Å². The standard InChI is InChI=1S/C9H16F3N5OS/c1-6(2)13-3-4-17-8(14-15-16-17)19-5-7(18)9(10,11)12/h6-7,13,18H,3-5H2,1-2H3. The molecule has 1 rings (SSSR count). The Bertz CT molecular complexity index is 384. The van der Waals surface area contributed by atoms with E-state index >= 15 is 0 Å². The van der Waals surface area contributed by atoms with Crippen LogP contribution in [0.4, 0.5) is 13.2 Å². The minimum absolute atomic E-state index is 0.258. The van der Waals surface area contributed by atoms with Crippen molar-refractivity contribution in [2.45, 2.75) is 43.9 Å². The summed E-state index contributed by atoms with van der Waals surface area (Å²) in [6.45, 7) is 5.03. The molecule has 0 fully saturated rings. The van der Waals surface area contributed by atoms with E-state index in [2.05, 4.69) is 20.8 Å². The van der Waals surface area contributed by atoms with E-state index in [1.54, 1.807) is 0 Å². The third-order valence-electron chi connectivity index (χ3n) is 2.12. The van der Waals surface area contributed by atoms with Gasteiger partial charge in [-0.25, -0.2) is 4.68 Å². The Balaban J connectivity index is 2.44. The first kappa shape index (κ1) is 16.2. The lowest BCUT2D eigenvalue weighted by Gasteiger charge is -2.13. The molecule has 1 heterocycles. The molecule has 6 nitrogen and oxygen atoms in total. The van der Waals surface area contributed by atoms with Gasteiger partial charge >= 0.3 is 6.18 Å². The van der Waals surface area contributed by atoms with Gasteiger partial charge in [-0.05, 0) is 10.4 Å². The van der Waals surface area contributed by atoms with E-state index in [0.717, 1.165) is 11.8 Å². The lowest BCUT2D eigenvalue weighted by atomic mass is 10.4. The average molecular weight is 299 g/mol. The van der Waals surface area contributed by atoms with Gasteiger partial charge in [-0.15, -0.1) is 5.10 Å². The third-order valence-corrected chi connectivity index (χ3v) is 3.16. The summed E-state index contributed by atoms with van der Waals surface area (Å²) in [4.78, 5) is 0. The van der Waals surface area contributed by atoms with Crippen molar-refractivity contribution in [2.24, 2.45) is 0 Å². The van der Waals surface area contributed by atoms with Crippen molar-refractivity contribution in [3.05, 3.63) is 0 Å². The second-order valence-electron chi connectivity index (χ2n) is 4.16. The highest BCUT2D eigenvalue weighted by Gasteiger charge is 2.38. The second kappa shape index (κ2) is 7.06. The molecular weight excluding hydrogens is 283 g/mol. The first-order valence-electron chi connectivity index (χ1n) is 5.68. The Morgan fingerprint density at radius 1 is 1.42 bits per heavy atom. The molecule has 10 heteroatoms. The van der Waals surface area contributed by atoms with Crippen LogP contribution in [-0.2, 0) is 6.54 Å². The molecule has 0 aliphatic carbocycles. The topological polar surface area (TPSA) is 75.9 Å². The number of tetrazole rings is 1. The van der Waals surface area contributed by atoms with Crippen LogP contribution in [0.25, 0.3) is 0 Å². The summed E-state index contributed by atoms with van der Waals surface area (Å²) >= 11 is 0.777. The molecule has 0 saturated carbocycles. The molecule has 0 bridgehead atoms. The molecule has 2 N–H and O–H groups in total. The monoisotopic (exact) mass is 299 g/mol. The zero-order chi connectivity index (χ0) is 14.5. The fourth-order valence-corrected chi connectivity index (χ4v) is 2.01. The third kappa shape index (κ3) is 5.74. The van der Waals surface area contributed by atoms with Crippen molar-refractivity contribution < 1.29 is 18.3 Å². The maximum atomic E-state index is 12.1. The maximum absolute atomic E-state index is 12.1. The van der Waals surface area contributed by atoms with E-state index in [4.69, 9.17) is 5.11 Å². The van der Waals surface area contributed by atoms with Gasteiger partial charge in [0, 0.05) is 18.3 Å². The molecule has 0 spiro atoms. The number of thioether (sulfide) groups is 1. The van der Waals surface area contributed by atoms with Gasteiger partial charge < -0.3 is 10.4 Å². The van der Waals surface area contributed by atoms with E-state index in [-0.39, 0.29) is 5.16 Å². The van der Waals surface area contributed by atoms with E-state index in [0.29, 0.717) is 19.1 Å². The smallest absolute Gasteiger partial charge is 0.383 e. The summed E-state index contributed by atoms with van der Waals surface area (Å²) in [5.74, 6) is -0.526. The molecule has 0 aliphatic rings. The van der Waals surface area contributed by atoms with Crippen LogP contribution in [0.15, 0.2) is 5.16 Å². The molecule has 0 saturated heterocycles. The van der Waals surface area contributed by atoms with Gasteiger partial charge in [0.15, 0.2) is 6.10 Å². The SMILES string of the molecule is CC(C)NCCn1nnnc1SCC(O)C(F)(F)F. The predicted octanol–water partition coefficient (Wildman–Crippen LogP) is 0.686. The molecular formula is C9H16F3N5OS. The van der Waals surface area contributed by atoms with Crippen LogP contribution in [0.3, 0.4) is 0 Å². The normalized spacial score (nSPS) is 14.1. The number of hydrogen-bond donors (Lipinski definition) is 2. The zero-order valence-electron chi connectivity index (χ0n) is 10.6. The molecule has 110 valence electrons. The molecule has 1 aromatic rings. The Kier molecular flexibility index (Phi) is 6.01. The summed E-state index contributed by atoms with van der Waals surface area (Å²) in [6, 6.07) is 0.305. The molecule has 1 atom stereocenters. The first-order valence-corrected chi connectivity index (χ1v) is 6.66. The summed E-state index contributed by atoms with van der Waals surface area (Å²) in [7, 11) is 0. The van der Waals surface area contributed by atoms with Crippen molar-refractivity contribution in [1.82, 2.24) is 25.5 Å². The highest BCUT2D eigenvalue weighted by molar-refractivity contribution is 7.99. The van der Waals surface area contributed by atoms with Crippen LogP contribution in [0.1, 0.15) is 13.8 Å². The van der Waals surface area contributed by atoms with Gasteiger partial charge in [0.05, 0.1) is 6.54 Å². The number of nitrogens with zero attached hydrogens (tertiary/aromatic N) is 4. The Morgan fingerprint density at radius 3 is 2.68 bits per heavy atom. The summed E-state index contributed by atoms with van der Waals surface area (Å²) in [6.07, 6.45) is -7.00. The number of aliphatic hydroxyl groups is 1.